The lowest BCUT2D eigenvalue weighted by Gasteiger charge is -1.95. The zero-order valence-electron chi connectivity index (χ0n) is 9.49. The molecule has 0 aliphatic heterocycles. The predicted octanol–water partition coefficient (Wildman–Crippen LogP) is 4.24. The maximum Gasteiger partial charge on any atom is 0.169 e. The van der Waals surface area contributed by atoms with E-state index in [1.807, 2.05) is 12.1 Å². The van der Waals surface area contributed by atoms with E-state index in [2.05, 4.69) is 31.2 Å². The van der Waals surface area contributed by atoms with Crippen molar-refractivity contribution in [3.8, 4) is 0 Å². The molecular formula is C14H14OS. The van der Waals surface area contributed by atoms with E-state index in [4.69, 9.17) is 0 Å². The molecule has 0 atom stereocenters. The molecule has 16 heavy (non-hydrogen) atoms. The molecule has 1 heterocycles. The summed E-state index contributed by atoms with van der Waals surface area (Å²) in [6, 6.07) is 3.93. The number of allylic oxidation sites excluding steroid dienone is 6. The molecule has 2 rings (SSSR count). The summed E-state index contributed by atoms with van der Waals surface area (Å²) in [5, 5.41) is 0. The molecule has 1 aliphatic rings. The van der Waals surface area contributed by atoms with E-state index < -0.39 is 0 Å². The van der Waals surface area contributed by atoms with Gasteiger partial charge in [-0.25, -0.2) is 0 Å². The molecule has 0 radical (unpaired) electrons. The van der Waals surface area contributed by atoms with Gasteiger partial charge in [-0.1, -0.05) is 29.9 Å². The zero-order valence-corrected chi connectivity index (χ0v) is 10.3. The van der Waals surface area contributed by atoms with Crippen LogP contribution in [0.5, 0.6) is 0 Å². The second kappa shape index (κ2) is 4.62. The van der Waals surface area contributed by atoms with Crippen molar-refractivity contribution in [1.82, 2.24) is 0 Å². The van der Waals surface area contributed by atoms with Crippen LogP contribution in [0, 0.1) is 0 Å². The number of rotatable bonds is 2. The fraction of sp³-hybridized carbons (Fsp3) is 0.214. The van der Waals surface area contributed by atoms with Crippen LogP contribution in [-0.2, 0) is 0 Å². The molecule has 0 aromatic carbocycles. The normalized spacial score (nSPS) is 15.4. The van der Waals surface area contributed by atoms with Crippen molar-refractivity contribution < 1.29 is 4.79 Å². The third kappa shape index (κ3) is 2.39. The zero-order chi connectivity index (χ0) is 11.5. The predicted molar refractivity (Wildman–Crippen MR) is 69.8 cm³/mol. The van der Waals surface area contributed by atoms with Crippen molar-refractivity contribution in [2.45, 2.75) is 20.3 Å². The molecule has 1 aromatic heterocycles. The summed E-state index contributed by atoms with van der Waals surface area (Å²) in [6.07, 6.45) is 9.59. The summed E-state index contributed by atoms with van der Waals surface area (Å²) in [5.74, 6) is 0.142. The number of Topliss-reactive ketones (excluding diaryl/α,β-unsaturated/α-hetero) is 1. The minimum absolute atomic E-state index is 0.142. The maximum absolute atomic E-state index is 11.2. The summed E-state index contributed by atoms with van der Waals surface area (Å²) in [6.45, 7) is 3.71. The summed E-state index contributed by atoms with van der Waals surface area (Å²) < 4.78 is 0. The highest BCUT2D eigenvalue weighted by molar-refractivity contribution is 7.15. The second-order valence-electron chi connectivity index (χ2n) is 3.90. The highest BCUT2D eigenvalue weighted by Crippen LogP contribution is 2.27. The molecule has 0 saturated heterocycles. The number of carbonyl (C=O) groups excluding carboxylic acids is 1. The molecule has 0 saturated carbocycles. The second-order valence-corrected chi connectivity index (χ2v) is 4.98. The third-order valence-electron chi connectivity index (χ3n) is 2.54. The average Bonchev–Trinajstić information content (AvgIpc) is 2.63. The van der Waals surface area contributed by atoms with Crippen LogP contribution < -0.4 is 0 Å². The van der Waals surface area contributed by atoms with Gasteiger partial charge in [0, 0.05) is 4.88 Å². The highest BCUT2D eigenvalue weighted by atomic mass is 32.1. The average molecular weight is 230 g/mol. The summed E-state index contributed by atoms with van der Waals surface area (Å²) in [7, 11) is 0. The van der Waals surface area contributed by atoms with Crippen molar-refractivity contribution in [2.24, 2.45) is 0 Å². The molecule has 1 aliphatic carbocycles. The van der Waals surface area contributed by atoms with E-state index in [1.165, 1.54) is 16.0 Å². The van der Waals surface area contributed by atoms with Gasteiger partial charge in [0.1, 0.15) is 0 Å². The van der Waals surface area contributed by atoms with Crippen molar-refractivity contribution in [3.05, 3.63) is 51.8 Å². The van der Waals surface area contributed by atoms with Crippen molar-refractivity contribution in [2.75, 3.05) is 0 Å². The lowest BCUT2D eigenvalue weighted by atomic mass is 10.2. The Morgan fingerprint density at radius 3 is 2.75 bits per heavy atom. The van der Waals surface area contributed by atoms with Crippen LogP contribution in [-0.4, -0.2) is 5.78 Å². The SMILES string of the molecule is CC(=O)c1ccc(C2=CCC=C(C)C=C2)s1. The number of ketones is 1. The molecule has 0 spiro atoms. The monoisotopic (exact) mass is 230 g/mol. The van der Waals surface area contributed by atoms with E-state index in [1.54, 1.807) is 18.3 Å². The van der Waals surface area contributed by atoms with Gasteiger partial charge in [-0.3, -0.25) is 4.79 Å². The van der Waals surface area contributed by atoms with Gasteiger partial charge in [0.2, 0.25) is 0 Å². The summed E-state index contributed by atoms with van der Waals surface area (Å²) >= 11 is 1.57. The molecule has 1 nitrogen and oxygen atoms in total. The minimum atomic E-state index is 0.142. The summed E-state index contributed by atoms with van der Waals surface area (Å²) in [5.41, 5.74) is 2.50. The van der Waals surface area contributed by atoms with E-state index in [0.717, 1.165) is 11.3 Å². The van der Waals surface area contributed by atoms with Crippen LogP contribution in [0.25, 0.3) is 5.57 Å². The van der Waals surface area contributed by atoms with Crippen LogP contribution in [0.15, 0.2) is 42.0 Å². The third-order valence-corrected chi connectivity index (χ3v) is 3.78. The van der Waals surface area contributed by atoms with E-state index >= 15 is 0 Å². The minimum Gasteiger partial charge on any atom is -0.294 e. The molecular weight excluding hydrogens is 216 g/mol. The van der Waals surface area contributed by atoms with Gasteiger partial charge in [-0.2, -0.15) is 0 Å². The first-order valence-electron chi connectivity index (χ1n) is 5.33. The van der Waals surface area contributed by atoms with Crippen LogP contribution in [0.2, 0.25) is 0 Å². The standard InChI is InChI=1S/C14H14OS/c1-10-4-3-5-12(7-6-10)14-9-8-13(16-14)11(2)15/h4-9H,3H2,1-2H3. The van der Waals surface area contributed by atoms with Crippen LogP contribution in [0.3, 0.4) is 0 Å². The first-order chi connectivity index (χ1) is 7.66. The number of hydrogen-bond acceptors (Lipinski definition) is 2. The molecule has 0 fully saturated rings. The van der Waals surface area contributed by atoms with Crippen LogP contribution in [0.4, 0.5) is 0 Å². The number of hydrogen-bond donors (Lipinski definition) is 0. The fourth-order valence-corrected chi connectivity index (χ4v) is 2.52. The molecule has 1 aromatic rings. The Morgan fingerprint density at radius 1 is 1.25 bits per heavy atom. The van der Waals surface area contributed by atoms with Gasteiger partial charge in [0.05, 0.1) is 4.88 Å². The van der Waals surface area contributed by atoms with Crippen molar-refractivity contribution >= 4 is 22.7 Å². The first-order valence-corrected chi connectivity index (χ1v) is 6.14. The Labute approximate surface area is 99.8 Å². The van der Waals surface area contributed by atoms with Gasteiger partial charge >= 0.3 is 0 Å². The number of carbonyl (C=O) groups is 1. The van der Waals surface area contributed by atoms with Crippen molar-refractivity contribution in [1.29, 1.82) is 0 Å². The quantitative estimate of drug-likeness (QED) is 0.694. The summed E-state index contributed by atoms with van der Waals surface area (Å²) in [4.78, 5) is 13.2. The molecule has 0 bridgehead atoms. The lowest BCUT2D eigenvalue weighted by molar-refractivity contribution is 0.102. The number of thiophene rings is 1. The van der Waals surface area contributed by atoms with E-state index in [0.29, 0.717) is 0 Å². The Balaban J connectivity index is 2.28. The molecule has 0 unspecified atom stereocenters. The molecule has 2 heteroatoms. The first kappa shape index (κ1) is 11.1. The maximum atomic E-state index is 11.2. The molecule has 0 N–H and O–H groups in total. The van der Waals surface area contributed by atoms with E-state index in [9.17, 15) is 4.79 Å². The topological polar surface area (TPSA) is 17.1 Å². The van der Waals surface area contributed by atoms with Crippen LogP contribution >= 0.6 is 11.3 Å². The van der Waals surface area contributed by atoms with Gasteiger partial charge in [0.25, 0.3) is 0 Å². The fourth-order valence-electron chi connectivity index (χ4n) is 1.59. The largest absolute Gasteiger partial charge is 0.294 e. The van der Waals surface area contributed by atoms with Gasteiger partial charge in [0.15, 0.2) is 5.78 Å². The Hall–Kier alpha value is -1.41. The smallest absolute Gasteiger partial charge is 0.169 e. The lowest BCUT2D eigenvalue weighted by Crippen LogP contribution is -1.83. The van der Waals surface area contributed by atoms with Crippen molar-refractivity contribution in [3.63, 3.8) is 0 Å². The Kier molecular flexibility index (Phi) is 3.20. The Morgan fingerprint density at radius 2 is 2.06 bits per heavy atom. The Bertz CT molecular complexity index is 501. The van der Waals surface area contributed by atoms with Gasteiger partial charge in [-0.15, -0.1) is 11.3 Å². The molecule has 0 amide bonds. The van der Waals surface area contributed by atoms with Crippen LogP contribution in [0.1, 0.15) is 34.8 Å². The van der Waals surface area contributed by atoms with Gasteiger partial charge in [-0.05, 0) is 38.0 Å². The van der Waals surface area contributed by atoms with Gasteiger partial charge < -0.3 is 0 Å². The van der Waals surface area contributed by atoms with E-state index in [-0.39, 0.29) is 5.78 Å². The molecule has 82 valence electrons. The highest BCUT2D eigenvalue weighted by Gasteiger charge is 2.07.